The van der Waals surface area contributed by atoms with E-state index >= 15 is 0 Å². The summed E-state index contributed by atoms with van der Waals surface area (Å²) >= 11 is 0. The van der Waals surface area contributed by atoms with Crippen LogP contribution in [0.15, 0.2) is 52.2 Å². The van der Waals surface area contributed by atoms with E-state index in [9.17, 15) is 19.9 Å². The van der Waals surface area contributed by atoms with Gasteiger partial charge in [-0.05, 0) is 48.2 Å². The van der Waals surface area contributed by atoms with Crippen LogP contribution in [0.1, 0.15) is 29.8 Å². The van der Waals surface area contributed by atoms with Gasteiger partial charge in [0.1, 0.15) is 34.2 Å². The summed E-state index contributed by atoms with van der Waals surface area (Å²) in [6.07, 6.45) is 3.40. The van der Waals surface area contributed by atoms with Crippen molar-refractivity contribution in [2.45, 2.75) is 19.3 Å². The highest BCUT2D eigenvalue weighted by atomic mass is 16.5. The number of amides is 1. The Morgan fingerprint density at radius 3 is 2.63 bits per heavy atom. The van der Waals surface area contributed by atoms with E-state index in [-0.39, 0.29) is 45.9 Å². The summed E-state index contributed by atoms with van der Waals surface area (Å²) in [4.78, 5) is 22.9. The second-order valence-corrected chi connectivity index (χ2v) is 7.11. The van der Waals surface area contributed by atoms with Crippen LogP contribution in [0.5, 0.6) is 23.0 Å². The van der Waals surface area contributed by atoms with Crippen LogP contribution in [0.2, 0.25) is 0 Å². The third kappa shape index (κ3) is 4.09. The van der Waals surface area contributed by atoms with Gasteiger partial charge in [-0.25, -0.2) is 0 Å². The van der Waals surface area contributed by atoms with Crippen LogP contribution in [0, 0.1) is 10.8 Å². The molecule has 1 aliphatic carbocycles. The minimum absolute atomic E-state index is 0.0733. The van der Waals surface area contributed by atoms with Gasteiger partial charge in [-0.1, -0.05) is 11.6 Å². The molecule has 0 saturated heterocycles. The number of nitrogens with one attached hydrogen (secondary N) is 1. The molecule has 0 atom stereocenters. The van der Waals surface area contributed by atoms with Crippen LogP contribution < -0.4 is 10.1 Å². The maximum atomic E-state index is 12.3. The summed E-state index contributed by atoms with van der Waals surface area (Å²) in [6, 6.07) is 9.77. The molecule has 3 aromatic rings. The van der Waals surface area contributed by atoms with E-state index in [1.807, 2.05) is 0 Å². The molecular weight excluding hydrogens is 390 g/mol. The maximum Gasteiger partial charge on any atom is 0.273 e. The molecule has 0 aliphatic heterocycles. The quantitative estimate of drug-likeness (QED) is 0.490. The molecule has 1 fully saturated rings. The molecule has 0 bridgehead atoms. The van der Waals surface area contributed by atoms with Crippen molar-refractivity contribution in [1.29, 1.82) is 0 Å². The Balaban J connectivity index is 1.59. The number of nitrogens with zero attached hydrogens (tertiary/aromatic N) is 2. The highest BCUT2D eigenvalue weighted by molar-refractivity contribution is 5.93. The number of phenols is 2. The average Bonchev–Trinajstić information content (AvgIpc) is 3.16. The van der Waals surface area contributed by atoms with E-state index in [0.717, 1.165) is 18.9 Å². The first-order valence-electron chi connectivity index (χ1n) is 9.46. The molecular formula is C21H19N3O6. The van der Waals surface area contributed by atoms with Crippen LogP contribution in [-0.4, -0.2) is 27.8 Å². The molecule has 2 aromatic carbocycles. The number of hydrogen-bond acceptors (Lipinski definition) is 8. The summed E-state index contributed by atoms with van der Waals surface area (Å²) in [5.41, 5.74) is 0.425. The number of nitroso groups, excluding NO2 is 1. The normalized spacial score (nSPS) is 13.5. The van der Waals surface area contributed by atoms with Crippen molar-refractivity contribution in [2.75, 3.05) is 6.54 Å². The minimum Gasteiger partial charge on any atom is -0.508 e. The molecule has 0 radical (unpaired) electrons. The molecule has 3 N–H and O–H groups in total. The summed E-state index contributed by atoms with van der Waals surface area (Å²) in [6.45, 7) is 0.589. The monoisotopic (exact) mass is 409 g/mol. The second-order valence-electron chi connectivity index (χ2n) is 7.11. The highest BCUT2D eigenvalue weighted by Gasteiger charge is 2.23. The zero-order chi connectivity index (χ0) is 21.1. The number of hydrogen-bond donors (Lipinski definition) is 3. The Morgan fingerprint density at radius 1 is 1.20 bits per heavy atom. The predicted octanol–water partition coefficient (Wildman–Crippen LogP) is 4.47. The summed E-state index contributed by atoms with van der Waals surface area (Å²) < 4.78 is 11.0. The zero-order valence-corrected chi connectivity index (χ0v) is 15.9. The lowest BCUT2D eigenvalue weighted by molar-refractivity contribution is 0.0930. The number of aromatic hydroxyl groups is 2. The number of rotatable bonds is 7. The molecule has 4 rings (SSSR count). The topological polar surface area (TPSA) is 134 Å². The standard InChI is InChI=1S/C21H19N3O6/c25-14-8-17(26)20(18(9-14)29-15-6-4-13(23-28)5-7-15)19-10-16(24-30-19)21(27)22-11-12-2-1-3-12/h4-10,12,25-26H,1-3,11H2,(H,22,27). The van der Waals surface area contributed by atoms with Crippen molar-refractivity contribution < 1.29 is 24.3 Å². The second kappa shape index (κ2) is 8.24. The van der Waals surface area contributed by atoms with E-state index in [0.29, 0.717) is 18.2 Å². The van der Waals surface area contributed by atoms with Crippen LogP contribution in [-0.2, 0) is 0 Å². The van der Waals surface area contributed by atoms with Crippen molar-refractivity contribution in [3.63, 3.8) is 0 Å². The van der Waals surface area contributed by atoms with Gasteiger partial charge in [-0.15, -0.1) is 4.91 Å². The molecule has 9 nitrogen and oxygen atoms in total. The van der Waals surface area contributed by atoms with Gasteiger partial charge >= 0.3 is 0 Å². The summed E-state index contributed by atoms with van der Waals surface area (Å²) in [7, 11) is 0. The van der Waals surface area contributed by atoms with Crippen LogP contribution >= 0.6 is 0 Å². The molecule has 9 heteroatoms. The lowest BCUT2D eigenvalue weighted by atomic mass is 9.85. The lowest BCUT2D eigenvalue weighted by Gasteiger charge is -2.24. The first-order valence-corrected chi connectivity index (χ1v) is 9.46. The average molecular weight is 409 g/mol. The first kappa shape index (κ1) is 19.4. The fourth-order valence-corrected chi connectivity index (χ4v) is 3.14. The number of aromatic nitrogens is 1. The van der Waals surface area contributed by atoms with Crippen LogP contribution in [0.3, 0.4) is 0 Å². The van der Waals surface area contributed by atoms with Gasteiger partial charge < -0.3 is 24.8 Å². The highest BCUT2D eigenvalue weighted by Crippen LogP contribution is 2.43. The smallest absolute Gasteiger partial charge is 0.273 e. The Kier molecular flexibility index (Phi) is 5.34. The Bertz CT molecular complexity index is 1070. The predicted molar refractivity (Wildman–Crippen MR) is 107 cm³/mol. The molecule has 1 heterocycles. The molecule has 1 aliphatic rings. The van der Waals surface area contributed by atoms with Gasteiger partial charge in [0.2, 0.25) is 0 Å². The van der Waals surface area contributed by atoms with Gasteiger partial charge in [-0.3, -0.25) is 4.79 Å². The lowest BCUT2D eigenvalue weighted by Crippen LogP contribution is -2.32. The van der Waals surface area contributed by atoms with E-state index in [1.54, 1.807) is 0 Å². The fourth-order valence-electron chi connectivity index (χ4n) is 3.14. The third-order valence-electron chi connectivity index (χ3n) is 5.00. The number of carbonyl (C=O) groups excluding carboxylic acids is 1. The summed E-state index contributed by atoms with van der Waals surface area (Å²) in [5.74, 6) is 0.118. The van der Waals surface area contributed by atoms with Crippen molar-refractivity contribution in [2.24, 2.45) is 11.1 Å². The number of phenolic OH excluding ortho intramolecular Hbond substituents is 2. The summed E-state index contributed by atoms with van der Waals surface area (Å²) in [5, 5.41) is 29.7. The van der Waals surface area contributed by atoms with Crippen molar-refractivity contribution >= 4 is 11.6 Å². The molecule has 0 unspecified atom stereocenters. The molecule has 1 amide bonds. The zero-order valence-electron chi connectivity index (χ0n) is 15.9. The fraction of sp³-hybridized carbons (Fsp3) is 0.238. The largest absolute Gasteiger partial charge is 0.508 e. The van der Waals surface area contributed by atoms with Crippen molar-refractivity contribution in [3.8, 4) is 34.3 Å². The molecule has 1 saturated carbocycles. The molecule has 154 valence electrons. The van der Waals surface area contributed by atoms with Crippen molar-refractivity contribution in [1.82, 2.24) is 10.5 Å². The Hall–Kier alpha value is -3.88. The molecule has 1 aromatic heterocycles. The van der Waals surface area contributed by atoms with Gasteiger partial charge in [0.15, 0.2) is 11.5 Å². The van der Waals surface area contributed by atoms with Crippen LogP contribution in [0.25, 0.3) is 11.3 Å². The third-order valence-corrected chi connectivity index (χ3v) is 5.00. The number of carbonyl (C=O) groups is 1. The first-order chi connectivity index (χ1) is 14.5. The number of ether oxygens (including phenoxy) is 1. The van der Waals surface area contributed by atoms with Crippen molar-refractivity contribution in [3.05, 3.63) is 53.1 Å². The van der Waals surface area contributed by atoms with Gasteiger partial charge in [0.25, 0.3) is 5.91 Å². The molecule has 30 heavy (non-hydrogen) atoms. The van der Waals surface area contributed by atoms with E-state index in [1.165, 1.54) is 42.8 Å². The Labute approximate surface area is 171 Å². The maximum absolute atomic E-state index is 12.3. The van der Waals surface area contributed by atoms with Crippen LogP contribution in [0.4, 0.5) is 5.69 Å². The van der Waals surface area contributed by atoms with E-state index in [4.69, 9.17) is 9.26 Å². The van der Waals surface area contributed by atoms with Gasteiger partial charge in [0, 0.05) is 24.7 Å². The molecule has 0 spiro atoms. The Morgan fingerprint density at radius 2 is 1.97 bits per heavy atom. The minimum atomic E-state index is -0.366. The van der Waals surface area contributed by atoms with Gasteiger partial charge in [-0.2, -0.15) is 0 Å². The van der Waals surface area contributed by atoms with E-state index in [2.05, 4.69) is 15.7 Å². The number of benzene rings is 2. The van der Waals surface area contributed by atoms with Gasteiger partial charge in [0.05, 0.1) is 0 Å². The van der Waals surface area contributed by atoms with E-state index < -0.39 is 0 Å². The SMILES string of the molecule is O=Nc1ccc(Oc2cc(O)cc(O)c2-c2cc(C(=O)NCC3CCC3)no2)cc1.